The number of hydrogen-bond acceptors (Lipinski definition) is 3. The van der Waals surface area contributed by atoms with Gasteiger partial charge in [-0.2, -0.15) is 0 Å². The van der Waals surface area contributed by atoms with Gasteiger partial charge in [-0.1, -0.05) is 12.8 Å². The maximum atomic E-state index is 11.7. The normalized spacial score (nSPS) is 25.5. The molecule has 2 rings (SSSR count). The number of nitrogens with one attached hydrogen (secondary N) is 1. The zero-order valence-corrected chi connectivity index (χ0v) is 13.9. The minimum Gasteiger partial charge on any atom is -0.349 e. The highest BCUT2D eigenvalue weighted by Gasteiger charge is 2.29. The van der Waals surface area contributed by atoms with Crippen LogP contribution in [0.15, 0.2) is 0 Å². The van der Waals surface area contributed by atoms with Crippen LogP contribution in [0.2, 0.25) is 0 Å². The van der Waals surface area contributed by atoms with Gasteiger partial charge in [0.25, 0.3) is 0 Å². The quantitative estimate of drug-likeness (QED) is 0.844. The van der Waals surface area contributed by atoms with Crippen molar-refractivity contribution in [3.8, 4) is 0 Å². The molecule has 0 spiro atoms. The Bertz CT molecular complexity index is 313. The summed E-state index contributed by atoms with van der Waals surface area (Å²) in [5.41, 5.74) is 0. The van der Waals surface area contributed by atoms with Crippen LogP contribution in [0.4, 0.5) is 0 Å². The summed E-state index contributed by atoms with van der Waals surface area (Å²) in [7, 11) is 3.71. The predicted octanol–water partition coefficient (Wildman–Crippen LogP) is 2.10. The second kappa shape index (κ2) is 8.74. The van der Waals surface area contributed by atoms with Gasteiger partial charge in [0.2, 0.25) is 5.91 Å². The highest BCUT2D eigenvalue weighted by molar-refractivity contribution is 5.75. The summed E-state index contributed by atoms with van der Waals surface area (Å²) in [6.45, 7) is 4.72. The van der Waals surface area contributed by atoms with E-state index in [1.807, 2.05) is 14.1 Å². The minimum absolute atomic E-state index is 0.267. The molecule has 2 aliphatic rings. The van der Waals surface area contributed by atoms with Gasteiger partial charge in [0, 0.05) is 26.6 Å². The van der Waals surface area contributed by atoms with E-state index in [0.717, 1.165) is 24.9 Å². The van der Waals surface area contributed by atoms with Gasteiger partial charge < -0.3 is 15.1 Å². The zero-order valence-electron chi connectivity index (χ0n) is 13.9. The number of hydrogen-bond donors (Lipinski definition) is 1. The van der Waals surface area contributed by atoms with E-state index in [1.165, 1.54) is 58.2 Å². The second-order valence-corrected chi connectivity index (χ2v) is 6.93. The minimum atomic E-state index is 0.267. The van der Waals surface area contributed by atoms with Crippen molar-refractivity contribution >= 4 is 5.91 Å². The summed E-state index contributed by atoms with van der Waals surface area (Å²) in [6.07, 6.45) is 9.85. The maximum Gasteiger partial charge on any atom is 0.222 e. The van der Waals surface area contributed by atoms with E-state index in [0.29, 0.717) is 6.42 Å². The van der Waals surface area contributed by atoms with Crippen LogP contribution in [0.3, 0.4) is 0 Å². The van der Waals surface area contributed by atoms with Crippen molar-refractivity contribution in [1.82, 2.24) is 15.1 Å². The fourth-order valence-corrected chi connectivity index (χ4v) is 3.89. The van der Waals surface area contributed by atoms with Crippen molar-refractivity contribution in [2.45, 2.75) is 57.4 Å². The Labute approximate surface area is 130 Å². The molecule has 0 radical (unpaired) electrons. The summed E-state index contributed by atoms with van der Waals surface area (Å²) in [5.74, 6) is 1.14. The molecular weight excluding hydrogens is 262 g/mol. The van der Waals surface area contributed by atoms with Gasteiger partial charge in [0.15, 0.2) is 0 Å². The molecule has 0 aromatic heterocycles. The second-order valence-electron chi connectivity index (χ2n) is 6.93. The summed E-state index contributed by atoms with van der Waals surface area (Å²) in [5, 5.41) is 3.49. The topological polar surface area (TPSA) is 35.6 Å². The molecule has 1 unspecified atom stereocenters. The lowest BCUT2D eigenvalue weighted by Crippen LogP contribution is -2.44. The molecule has 122 valence electrons. The molecule has 2 fully saturated rings. The van der Waals surface area contributed by atoms with Crippen LogP contribution in [-0.2, 0) is 4.79 Å². The van der Waals surface area contributed by atoms with Gasteiger partial charge in [-0.25, -0.2) is 0 Å². The molecule has 2 aliphatic heterocycles. The standard InChI is InChI=1S/C17H33N3O/c1-19(2)17(21)8-6-14-20-13-5-3-4-7-16(20)15-9-11-18-12-10-15/h15-16,18H,3-14H2,1-2H3. The van der Waals surface area contributed by atoms with Crippen molar-refractivity contribution in [2.24, 2.45) is 5.92 Å². The average Bonchev–Trinajstić information content (AvgIpc) is 2.73. The number of amides is 1. The molecule has 1 N–H and O–H groups in total. The molecule has 0 aromatic rings. The van der Waals surface area contributed by atoms with Crippen LogP contribution in [0.25, 0.3) is 0 Å². The largest absolute Gasteiger partial charge is 0.349 e. The van der Waals surface area contributed by atoms with Crippen LogP contribution >= 0.6 is 0 Å². The molecule has 21 heavy (non-hydrogen) atoms. The van der Waals surface area contributed by atoms with Gasteiger partial charge in [0.05, 0.1) is 0 Å². The molecule has 2 heterocycles. The Hall–Kier alpha value is -0.610. The van der Waals surface area contributed by atoms with Crippen molar-refractivity contribution in [3.05, 3.63) is 0 Å². The molecule has 1 amide bonds. The third kappa shape index (κ3) is 5.26. The third-order valence-electron chi connectivity index (χ3n) is 5.18. The van der Waals surface area contributed by atoms with Gasteiger partial charge >= 0.3 is 0 Å². The molecule has 0 aromatic carbocycles. The Morgan fingerprint density at radius 3 is 2.62 bits per heavy atom. The summed E-state index contributed by atoms with van der Waals surface area (Å²) < 4.78 is 0. The molecule has 0 aliphatic carbocycles. The molecule has 4 nitrogen and oxygen atoms in total. The Morgan fingerprint density at radius 1 is 1.14 bits per heavy atom. The predicted molar refractivity (Wildman–Crippen MR) is 87.4 cm³/mol. The Balaban J connectivity index is 1.84. The first-order chi connectivity index (χ1) is 10.2. The lowest BCUT2D eigenvalue weighted by atomic mass is 9.86. The summed E-state index contributed by atoms with van der Waals surface area (Å²) >= 11 is 0. The molecular formula is C17H33N3O. The molecule has 0 bridgehead atoms. The van der Waals surface area contributed by atoms with E-state index >= 15 is 0 Å². The summed E-state index contributed by atoms with van der Waals surface area (Å²) in [6, 6.07) is 0.768. The number of carbonyl (C=O) groups excluding carboxylic acids is 1. The molecule has 0 saturated carbocycles. The van der Waals surface area contributed by atoms with E-state index in [-0.39, 0.29) is 5.91 Å². The first kappa shape index (κ1) is 16.8. The number of piperidine rings is 1. The average molecular weight is 295 g/mol. The van der Waals surface area contributed by atoms with Gasteiger partial charge in [-0.3, -0.25) is 4.79 Å². The van der Waals surface area contributed by atoms with Crippen LogP contribution in [-0.4, -0.2) is 62.0 Å². The number of carbonyl (C=O) groups is 1. The monoisotopic (exact) mass is 295 g/mol. The van der Waals surface area contributed by atoms with Gasteiger partial charge in [-0.15, -0.1) is 0 Å². The zero-order chi connectivity index (χ0) is 15.1. The molecule has 1 atom stereocenters. The van der Waals surface area contributed by atoms with Gasteiger partial charge in [0.1, 0.15) is 0 Å². The third-order valence-corrected chi connectivity index (χ3v) is 5.18. The first-order valence-electron chi connectivity index (χ1n) is 8.83. The SMILES string of the molecule is CN(C)C(=O)CCCN1CCCCCC1C1CCNCC1. The van der Waals surface area contributed by atoms with Crippen molar-refractivity contribution < 1.29 is 4.79 Å². The van der Waals surface area contributed by atoms with E-state index in [4.69, 9.17) is 0 Å². The van der Waals surface area contributed by atoms with Crippen molar-refractivity contribution in [2.75, 3.05) is 40.3 Å². The lowest BCUT2D eigenvalue weighted by Gasteiger charge is -2.38. The van der Waals surface area contributed by atoms with Crippen LogP contribution in [0.1, 0.15) is 51.4 Å². The number of nitrogens with zero attached hydrogens (tertiary/aromatic N) is 2. The van der Waals surface area contributed by atoms with Crippen LogP contribution in [0.5, 0.6) is 0 Å². The van der Waals surface area contributed by atoms with Crippen LogP contribution in [0, 0.1) is 5.92 Å². The van der Waals surface area contributed by atoms with Crippen molar-refractivity contribution in [3.63, 3.8) is 0 Å². The Morgan fingerprint density at radius 2 is 1.90 bits per heavy atom. The van der Waals surface area contributed by atoms with Crippen LogP contribution < -0.4 is 5.32 Å². The molecule has 4 heteroatoms. The van der Waals surface area contributed by atoms with Gasteiger partial charge in [-0.05, 0) is 64.2 Å². The maximum absolute atomic E-state index is 11.7. The highest BCUT2D eigenvalue weighted by atomic mass is 16.2. The molecule has 2 saturated heterocycles. The fourth-order valence-electron chi connectivity index (χ4n) is 3.89. The first-order valence-corrected chi connectivity index (χ1v) is 8.83. The number of rotatable bonds is 5. The van der Waals surface area contributed by atoms with Crippen molar-refractivity contribution in [1.29, 1.82) is 0 Å². The van der Waals surface area contributed by atoms with E-state index < -0.39 is 0 Å². The lowest BCUT2D eigenvalue weighted by molar-refractivity contribution is -0.128. The number of likely N-dealkylation sites (tertiary alicyclic amines) is 1. The van der Waals surface area contributed by atoms with E-state index in [2.05, 4.69) is 10.2 Å². The van der Waals surface area contributed by atoms with E-state index in [9.17, 15) is 4.79 Å². The highest BCUT2D eigenvalue weighted by Crippen LogP contribution is 2.28. The summed E-state index contributed by atoms with van der Waals surface area (Å²) in [4.78, 5) is 16.2. The fraction of sp³-hybridized carbons (Fsp3) is 0.941. The van der Waals surface area contributed by atoms with E-state index in [1.54, 1.807) is 4.90 Å². The Kier molecular flexibility index (Phi) is 6.97. The smallest absolute Gasteiger partial charge is 0.222 e.